The van der Waals surface area contributed by atoms with Gasteiger partial charge in [-0.25, -0.2) is 0 Å². The first-order valence-corrected chi connectivity index (χ1v) is 11.7. The Balaban J connectivity index is 0.00000240. The first-order valence-electron chi connectivity index (χ1n) is 11.7. The fourth-order valence-electron chi connectivity index (χ4n) is 8.72. The molecular weight excluding hydrogens is 359 g/mol. The summed E-state index contributed by atoms with van der Waals surface area (Å²) in [6, 6.07) is 0. The van der Waals surface area contributed by atoms with Gasteiger partial charge in [-0.15, -0.1) is 0 Å². The smallest absolute Gasteiger partial charge is 0.550 e. The number of carbonyl (C=O) groups excluding carboxylic acids is 1. The minimum Gasteiger partial charge on any atom is -0.550 e. The number of fused-ring (bicyclic) bond motifs is 5. The van der Waals surface area contributed by atoms with Gasteiger partial charge in [-0.2, -0.15) is 0 Å². The standard InChI is InChI=1S/C24H40O4.Li/c1-14(4-7-21(27)28)17-5-6-18-22-19(9-11-24(17,18)3)23(2)10-8-16(25)12-15(23)13-20(22)26;/h14-20,22,25-26H,4-13H2,1-3H3,(H,27,28);/q;+1/p-1/t14-,15?,16-,17-,18?,19?,20+,22?,23+,24-;/m1./s1. The Kier molecular flexibility index (Phi) is 6.93. The van der Waals surface area contributed by atoms with Crippen molar-refractivity contribution in [1.82, 2.24) is 0 Å². The van der Waals surface area contributed by atoms with Gasteiger partial charge in [0.05, 0.1) is 12.2 Å². The van der Waals surface area contributed by atoms with Gasteiger partial charge in [0, 0.05) is 5.97 Å². The third-order valence-corrected chi connectivity index (χ3v) is 10.2. The first kappa shape index (κ1) is 23.6. The molecule has 160 valence electrons. The summed E-state index contributed by atoms with van der Waals surface area (Å²) in [6.07, 6.45) is 8.91. The molecule has 4 nitrogen and oxygen atoms in total. The van der Waals surface area contributed by atoms with Crippen LogP contribution in [0.3, 0.4) is 0 Å². The molecule has 0 amide bonds. The molecule has 4 aliphatic carbocycles. The molecule has 0 saturated heterocycles. The SMILES string of the molecule is C[C@H](CCC(=O)[O-])[C@H]1CCC2C3C(CC[C@@]21C)[C@@]1(C)CC[C@@H](O)CC1C[C@@H]3O.[Li+]. The van der Waals surface area contributed by atoms with Gasteiger partial charge in [0.1, 0.15) is 0 Å². The van der Waals surface area contributed by atoms with Crippen LogP contribution in [0.5, 0.6) is 0 Å². The van der Waals surface area contributed by atoms with Crippen molar-refractivity contribution in [3.8, 4) is 0 Å². The third-order valence-electron chi connectivity index (χ3n) is 10.2. The summed E-state index contributed by atoms with van der Waals surface area (Å²) in [5.41, 5.74) is 0.494. The number of aliphatic carboxylic acids is 1. The molecule has 0 aromatic heterocycles. The van der Waals surface area contributed by atoms with Crippen LogP contribution in [0.4, 0.5) is 0 Å². The van der Waals surface area contributed by atoms with Gasteiger partial charge in [0.25, 0.3) is 0 Å². The third kappa shape index (κ3) is 3.86. The van der Waals surface area contributed by atoms with Crippen LogP contribution in [-0.2, 0) is 4.79 Å². The van der Waals surface area contributed by atoms with Crippen LogP contribution in [0.15, 0.2) is 0 Å². The maximum absolute atomic E-state index is 11.2. The number of aliphatic hydroxyl groups excluding tert-OH is 2. The van der Waals surface area contributed by atoms with Gasteiger partial charge in [-0.05, 0) is 111 Å². The van der Waals surface area contributed by atoms with Crippen molar-refractivity contribution in [1.29, 1.82) is 0 Å². The van der Waals surface area contributed by atoms with Crippen molar-refractivity contribution in [2.24, 2.45) is 46.3 Å². The second-order valence-electron chi connectivity index (χ2n) is 11.3. The van der Waals surface area contributed by atoms with Crippen LogP contribution in [0.2, 0.25) is 0 Å². The van der Waals surface area contributed by atoms with Gasteiger partial charge >= 0.3 is 18.9 Å². The maximum Gasteiger partial charge on any atom is 1.00 e. The van der Waals surface area contributed by atoms with Crippen molar-refractivity contribution in [2.45, 2.75) is 97.2 Å². The average molecular weight is 399 g/mol. The van der Waals surface area contributed by atoms with E-state index in [2.05, 4.69) is 20.8 Å². The van der Waals surface area contributed by atoms with Gasteiger partial charge in [-0.3, -0.25) is 0 Å². The summed E-state index contributed by atoms with van der Waals surface area (Å²) >= 11 is 0. The van der Waals surface area contributed by atoms with Gasteiger partial charge in [0.2, 0.25) is 0 Å². The molecule has 0 spiro atoms. The van der Waals surface area contributed by atoms with Gasteiger partial charge < -0.3 is 20.1 Å². The van der Waals surface area contributed by atoms with E-state index in [1.807, 2.05) is 0 Å². The van der Waals surface area contributed by atoms with E-state index in [1.54, 1.807) is 0 Å². The number of carbonyl (C=O) groups is 1. The molecule has 4 unspecified atom stereocenters. The zero-order valence-corrected chi connectivity index (χ0v) is 18.9. The monoisotopic (exact) mass is 398 g/mol. The molecule has 5 heteroatoms. The molecule has 29 heavy (non-hydrogen) atoms. The summed E-state index contributed by atoms with van der Waals surface area (Å²) < 4.78 is 0. The molecule has 4 rings (SSSR count). The predicted molar refractivity (Wildman–Crippen MR) is 106 cm³/mol. The van der Waals surface area contributed by atoms with E-state index in [-0.39, 0.29) is 48.3 Å². The van der Waals surface area contributed by atoms with Crippen LogP contribution < -0.4 is 24.0 Å². The fraction of sp³-hybridized carbons (Fsp3) is 0.958. The van der Waals surface area contributed by atoms with E-state index in [0.29, 0.717) is 41.9 Å². The molecule has 4 aliphatic rings. The van der Waals surface area contributed by atoms with E-state index in [4.69, 9.17) is 0 Å². The quantitative estimate of drug-likeness (QED) is 0.661. The zero-order chi connectivity index (χ0) is 20.3. The van der Waals surface area contributed by atoms with Crippen molar-refractivity contribution in [3.05, 3.63) is 0 Å². The van der Waals surface area contributed by atoms with Crippen LogP contribution in [0.1, 0.15) is 85.0 Å². The van der Waals surface area contributed by atoms with Crippen LogP contribution >= 0.6 is 0 Å². The van der Waals surface area contributed by atoms with Crippen molar-refractivity contribution in [3.63, 3.8) is 0 Å². The summed E-state index contributed by atoms with van der Waals surface area (Å²) in [4.78, 5) is 10.9. The second-order valence-corrected chi connectivity index (χ2v) is 11.3. The van der Waals surface area contributed by atoms with Gasteiger partial charge in [-0.1, -0.05) is 20.8 Å². The van der Waals surface area contributed by atoms with E-state index < -0.39 is 5.97 Å². The Bertz CT molecular complexity index is 612. The topological polar surface area (TPSA) is 80.6 Å². The molecule has 0 radical (unpaired) electrons. The molecule has 0 aromatic carbocycles. The number of carboxylic acid groups (broad SMARTS) is 1. The average Bonchev–Trinajstić information content (AvgIpc) is 2.98. The molecule has 4 fully saturated rings. The number of rotatable bonds is 4. The van der Waals surface area contributed by atoms with Crippen LogP contribution in [-0.4, -0.2) is 28.4 Å². The summed E-state index contributed by atoms with van der Waals surface area (Å²) in [5, 5.41) is 32.4. The fourth-order valence-corrected chi connectivity index (χ4v) is 8.72. The number of hydrogen-bond acceptors (Lipinski definition) is 4. The Hall–Kier alpha value is -0.0126. The summed E-state index contributed by atoms with van der Waals surface area (Å²) in [6.45, 7) is 7.11. The van der Waals surface area contributed by atoms with E-state index in [9.17, 15) is 20.1 Å². The van der Waals surface area contributed by atoms with E-state index in [1.165, 1.54) is 25.7 Å². The number of carboxylic acids is 1. The Morgan fingerprint density at radius 3 is 2.38 bits per heavy atom. The molecule has 4 saturated carbocycles. The molecule has 10 atom stereocenters. The van der Waals surface area contributed by atoms with Crippen molar-refractivity contribution >= 4 is 5.97 Å². The zero-order valence-electron chi connectivity index (χ0n) is 18.9. The predicted octanol–water partition coefficient (Wildman–Crippen LogP) is 0.147. The van der Waals surface area contributed by atoms with E-state index in [0.717, 1.165) is 25.7 Å². The minimum absolute atomic E-state index is 0. The van der Waals surface area contributed by atoms with Crippen LogP contribution in [0, 0.1) is 46.3 Å². The maximum atomic E-state index is 11.2. The van der Waals surface area contributed by atoms with E-state index >= 15 is 0 Å². The van der Waals surface area contributed by atoms with Gasteiger partial charge in [0.15, 0.2) is 0 Å². The Labute approximate surface area is 188 Å². The number of aliphatic hydroxyl groups is 2. The second kappa shape index (κ2) is 8.49. The van der Waals surface area contributed by atoms with Crippen molar-refractivity contribution < 1.29 is 39.0 Å². The summed E-state index contributed by atoms with van der Waals surface area (Å²) in [7, 11) is 0. The molecule has 0 bridgehead atoms. The summed E-state index contributed by atoms with van der Waals surface area (Å²) in [5.74, 6) is 1.99. The normalized spacial score (nSPS) is 49.9. The minimum atomic E-state index is -0.934. The number of hydrogen-bond donors (Lipinski definition) is 2. The molecule has 0 heterocycles. The molecular formula is C24H39LiO4. The first-order chi connectivity index (χ1) is 13.2. The largest absolute Gasteiger partial charge is 1.00 e. The molecule has 0 aromatic rings. The van der Waals surface area contributed by atoms with Crippen LogP contribution in [0.25, 0.3) is 0 Å². The Morgan fingerprint density at radius 2 is 1.69 bits per heavy atom. The molecule has 2 N–H and O–H groups in total. The Morgan fingerprint density at radius 1 is 1.03 bits per heavy atom. The van der Waals surface area contributed by atoms with Crippen molar-refractivity contribution in [2.75, 3.05) is 0 Å². The molecule has 0 aliphatic heterocycles.